The molecule has 9 heteroatoms. The molecule has 2 aliphatic heterocycles. The summed E-state index contributed by atoms with van der Waals surface area (Å²) in [6.07, 6.45) is 5.71. The Labute approximate surface area is 183 Å². The minimum absolute atomic E-state index is 0. The van der Waals surface area contributed by atoms with Crippen LogP contribution in [-0.2, 0) is 16.6 Å². The number of imidazole rings is 1. The Bertz CT molecular complexity index is 869. The normalized spacial score (nSPS) is 19.6. The van der Waals surface area contributed by atoms with Gasteiger partial charge in [0.2, 0.25) is 11.8 Å². The Balaban J connectivity index is 0.00000256. The molecule has 1 atom stereocenters. The van der Waals surface area contributed by atoms with Crippen molar-refractivity contribution in [3.63, 3.8) is 0 Å². The largest absolute Gasteiger partial charge is 0.337 e. The summed E-state index contributed by atoms with van der Waals surface area (Å²) in [7, 11) is 2.00. The van der Waals surface area contributed by atoms with Crippen LogP contribution in [0.2, 0.25) is 0 Å². The van der Waals surface area contributed by atoms with Crippen LogP contribution in [0.15, 0.2) is 36.7 Å². The van der Waals surface area contributed by atoms with Gasteiger partial charge in [-0.1, -0.05) is 0 Å². The monoisotopic (exact) mass is 432 g/mol. The summed E-state index contributed by atoms with van der Waals surface area (Å²) in [5.41, 5.74) is 1.65. The van der Waals surface area contributed by atoms with Gasteiger partial charge in [-0.05, 0) is 30.7 Å². The molecular weight excluding hydrogens is 404 g/mol. The van der Waals surface area contributed by atoms with Crippen molar-refractivity contribution in [3.05, 3.63) is 42.5 Å². The maximum absolute atomic E-state index is 12.5. The first kappa shape index (κ1) is 22.3. The molecule has 2 amide bonds. The lowest BCUT2D eigenvalue weighted by Crippen LogP contribution is -2.47. The van der Waals surface area contributed by atoms with Crippen LogP contribution < -0.4 is 15.5 Å². The molecule has 30 heavy (non-hydrogen) atoms. The van der Waals surface area contributed by atoms with Crippen LogP contribution in [0, 0.1) is 0 Å². The smallest absolute Gasteiger partial charge is 0.227 e. The second kappa shape index (κ2) is 10.1. The summed E-state index contributed by atoms with van der Waals surface area (Å²) in [6.45, 7) is 4.10. The summed E-state index contributed by atoms with van der Waals surface area (Å²) < 4.78 is 2.04. The number of aromatic nitrogens is 2. The molecule has 1 aromatic heterocycles. The molecule has 0 aliphatic carbocycles. The Hall–Kier alpha value is -2.42. The Morgan fingerprint density at radius 1 is 1.27 bits per heavy atom. The van der Waals surface area contributed by atoms with E-state index in [1.54, 1.807) is 4.90 Å². The van der Waals surface area contributed by atoms with Crippen molar-refractivity contribution in [1.82, 2.24) is 19.8 Å². The predicted octanol–water partition coefficient (Wildman–Crippen LogP) is 1.94. The van der Waals surface area contributed by atoms with E-state index in [1.165, 1.54) is 0 Å². The number of aryl methyl sites for hydroxylation is 1. The fraction of sp³-hybridized carbons (Fsp3) is 0.476. The van der Waals surface area contributed by atoms with Crippen molar-refractivity contribution in [2.75, 3.05) is 42.9 Å². The summed E-state index contributed by atoms with van der Waals surface area (Å²) >= 11 is 0. The predicted molar refractivity (Wildman–Crippen MR) is 119 cm³/mol. The Kier molecular flexibility index (Phi) is 7.47. The van der Waals surface area contributed by atoms with Crippen LogP contribution in [0.25, 0.3) is 0 Å². The molecule has 2 aromatic rings. The third-order valence-corrected chi connectivity index (χ3v) is 5.67. The second-order valence-electron chi connectivity index (χ2n) is 7.65. The van der Waals surface area contributed by atoms with Crippen molar-refractivity contribution in [1.29, 1.82) is 0 Å². The van der Waals surface area contributed by atoms with E-state index in [-0.39, 0.29) is 30.3 Å². The van der Waals surface area contributed by atoms with Crippen LogP contribution in [0.4, 0.5) is 11.4 Å². The first-order chi connectivity index (χ1) is 14.1. The SMILES string of the molecule is Cl.Cn1ccnc1C1CNCCN1CCC(=O)Nc1ccc(N2CCCC2=O)cc1. The number of piperazine rings is 1. The van der Waals surface area contributed by atoms with Crippen LogP contribution >= 0.6 is 12.4 Å². The van der Waals surface area contributed by atoms with E-state index in [0.29, 0.717) is 19.4 Å². The van der Waals surface area contributed by atoms with Gasteiger partial charge in [0.15, 0.2) is 0 Å². The van der Waals surface area contributed by atoms with Crippen LogP contribution in [0.5, 0.6) is 0 Å². The first-order valence-electron chi connectivity index (χ1n) is 10.2. The van der Waals surface area contributed by atoms with Gasteiger partial charge in [0, 0.05) is 76.4 Å². The molecule has 2 saturated heterocycles. The number of nitrogens with one attached hydrogen (secondary N) is 2. The van der Waals surface area contributed by atoms with Crippen molar-refractivity contribution >= 4 is 35.6 Å². The van der Waals surface area contributed by atoms with Gasteiger partial charge >= 0.3 is 0 Å². The second-order valence-corrected chi connectivity index (χ2v) is 7.65. The van der Waals surface area contributed by atoms with Gasteiger partial charge in [0.1, 0.15) is 5.82 Å². The molecule has 0 spiro atoms. The number of nitrogens with zero attached hydrogens (tertiary/aromatic N) is 4. The van der Waals surface area contributed by atoms with Crippen LogP contribution in [0.3, 0.4) is 0 Å². The van der Waals surface area contributed by atoms with E-state index in [1.807, 2.05) is 48.3 Å². The molecule has 162 valence electrons. The van der Waals surface area contributed by atoms with Gasteiger partial charge in [-0.2, -0.15) is 0 Å². The number of carbonyl (C=O) groups excluding carboxylic acids is 2. The fourth-order valence-electron chi connectivity index (χ4n) is 4.08. The minimum Gasteiger partial charge on any atom is -0.337 e. The van der Waals surface area contributed by atoms with E-state index < -0.39 is 0 Å². The molecule has 0 bridgehead atoms. The zero-order valence-electron chi connectivity index (χ0n) is 17.2. The van der Waals surface area contributed by atoms with Crippen molar-refractivity contribution in [2.24, 2.45) is 7.05 Å². The molecule has 1 unspecified atom stereocenters. The number of halogens is 1. The molecule has 1 aromatic carbocycles. The number of benzene rings is 1. The zero-order chi connectivity index (χ0) is 20.2. The fourth-order valence-corrected chi connectivity index (χ4v) is 4.08. The van der Waals surface area contributed by atoms with Crippen molar-refractivity contribution in [3.8, 4) is 0 Å². The Morgan fingerprint density at radius 2 is 2.07 bits per heavy atom. The maximum atomic E-state index is 12.5. The molecular formula is C21H29ClN6O2. The number of hydrogen-bond donors (Lipinski definition) is 2. The number of carbonyl (C=O) groups is 2. The number of amides is 2. The molecule has 0 radical (unpaired) electrons. The summed E-state index contributed by atoms with van der Waals surface area (Å²) in [4.78, 5) is 32.9. The molecule has 0 saturated carbocycles. The van der Waals surface area contributed by atoms with Gasteiger partial charge in [-0.3, -0.25) is 14.5 Å². The molecule has 2 aliphatic rings. The highest BCUT2D eigenvalue weighted by atomic mass is 35.5. The molecule has 4 rings (SSSR count). The van der Waals surface area contributed by atoms with E-state index in [4.69, 9.17) is 0 Å². The summed E-state index contributed by atoms with van der Waals surface area (Å²) in [5.74, 6) is 1.18. The van der Waals surface area contributed by atoms with Crippen molar-refractivity contribution in [2.45, 2.75) is 25.3 Å². The lowest BCUT2D eigenvalue weighted by molar-refractivity contribution is -0.117. The van der Waals surface area contributed by atoms with Gasteiger partial charge in [0.05, 0.1) is 6.04 Å². The number of hydrogen-bond acceptors (Lipinski definition) is 5. The van der Waals surface area contributed by atoms with Crippen molar-refractivity contribution < 1.29 is 9.59 Å². The summed E-state index contributed by atoms with van der Waals surface area (Å²) in [6, 6.07) is 7.69. The third-order valence-electron chi connectivity index (χ3n) is 5.67. The summed E-state index contributed by atoms with van der Waals surface area (Å²) in [5, 5.41) is 6.38. The zero-order valence-corrected chi connectivity index (χ0v) is 18.0. The maximum Gasteiger partial charge on any atom is 0.227 e. The van der Waals surface area contributed by atoms with Gasteiger partial charge in [0.25, 0.3) is 0 Å². The third kappa shape index (κ3) is 5.00. The highest BCUT2D eigenvalue weighted by Crippen LogP contribution is 2.23. The van der Waals surface area contributed by atoms with E-state index in [0.717, 1.165) is 49.8 Å². The molecule has 2 fully saturated rings. The average Bonchev–Trinajstić information content (AvgIpc) is 3.35. The number of anilines is 2. The molecule has 8 nitrogen and oxygen atoms in total. The quantitative estimate of drug-likeness (QED) is 0.729. The standard InChI is InChI=1S/C21H28N6O2.ClH/c1-25-13-10-23-21(25)18-15-22-9-14-26(18)12-8-19(28)24-16-4-6-17(7-5-16)27-11-2-3-20(27)29;/h4-7,10,13,18,22H,2-3,8-9,11-12,14-15H2,1H3,(H,24,28);1H. The lowest BCUT2D eigenvalue weighted by atomic mass is 10.1. The lowest BCUT2D eigenvalue weighted by Gasteiger charge is -2.35. The topological polar surface area (TPSA) is 82.5 Å². The molecule has 3 heterocycles. The molecule has 2 N–H and O–H groups in total. The average molecular weight is 433 g/mol. The Morgan fingerprint density at radius 3 is 2.73 bits per heavy atom. The first-order valence-corrected chi connectivity index (χ1v) is 10.2. The van der Waals surface area contributed by atoms with Crippen LogP contribution in [-0.4, -0.2) is 59.0 Å². The minimum atomic E-state index is -0.00729. The van der Waals surface area contributed by atoms with E-state index in [9.17, 15) is 9.59 Å². The van der Waals surface area contributed by atoms with Gasteiger partial charge in [-0.15, -0.1) is 12.4 Å². The number of rotatable bonds is 6. The van der Waals surface area contributed by atoms with Gasteiger partial charge < -0.3 is 20.1 Å². The van der Waals surface area contributed by atoms with E-state index in [2.05, 4.69) is 20.5 Å². The highest BCUT2D eigenvalue weighted by molar-refractivity contribution is 5.96. The van der Waals surface area contributed by atoms with Crippen LogP contribution in [0.1, 0.15) is 31.1 Å². The van der Waals surface area contributed by atoms with E-state index >= 15 is 0 Å². The van der Waals surface area contributed by atoms with Gasteiger partial charge in [-0.25, -0.2) is 4.98 Å². The highest BCUT2D eigenvalue weighted by Gasteiger charge is 2.27.